The largest absolute Gasteiger partial charge is 0.493 e. The molecular weight excluding hydrogens is 370 g/mol. The van der Waals surface area contributed by atoms with Gasteiger partial charge in [0.05, 0.1) is 13.2 Å². The van der Waals surface area contributed by atoms with Gasteiger partial charge in [-0.1, -0.05) is 45.9 Å². The summed E-state index contributed by atoms with van der Waals surface area (Å²) in [6.07, 6.45) is 2.35. The molecule has 0 aliphatic heterocycles. The summed E-state index contributed by atoms with van der Waals surface area (Å²) < 4.78 is 5.86. The maximum Gasteiger partial charge on any atom is 0.242 e. The lowest BCUT2D eigenvalue weighted by Gasteiger charge is -2.17. The van der Waals surface area contributed by atoms with E-state index in [1.54, 1.807) is 6.92 Å². The van der Waals surface area contributed by atoms with Crippen LogP contribution in [0.4, 0.5) is 0 Å². The number of benzene rings is 1. The van der Waals surface area contributed by atoms with Gasteiger partial charge in [-0.15, -0.1) is 0 Å². The van der Waals surface area contributed by atoms with Gasteiger partial charge in [0.15, 0.2) is 0 Å². The molecule has 0 bridgehead atoms. The van der Waals surface area contributed by atoms with Gasteiger partial charge in [0, 0.05) is 13.0 Å². The number of amides is 3. The van der Waals surface area contributed by atoms with E-state index in [0.717, 1.165) is 24.2 Å². The molecule has 3 amide bonds. The first-order valence-electron chi connectivity index (χ1n) is 10.4. The number of aryl methyl sites for hydroxylation is 1. The third kappa shape index (κ3) is 9.96. The minimum absolute atomic E-state index is 0.121. The Hall–Kier alpha value is -2.57. The quantitative estimate of drug-likeness (QED) is 0.438. The zero-order valence-electron chi connectivity index (χ0n) is 18.0. The number of ether oxygens (including phenoxy) is 1. The summed E-state index contributed by atoms with van der Waals surface area (Å²) in [7, 11) is 0. The van der Waals surface area contributed by atoms with Crippen LogP contribution in [0.25, 0.3) is 0 Å². The molecule has 0 aromatic heterocycles. The maximum absolute atomic E-state index is 12.3. The molecule has 162 valence electrons. The van der Waals surface area contributed by atoms with E-state index in [-0.39, 0.29) is 24.3 Å². The number of hydrogen-bond acceptors (Lipinski definition) is 4. The van der Waals surface area contributed by atoms with E-state index >= 15 is 0 Å². The zero-order chi connectivity index (χ0) is 21.6. The van der Waals surface area contributed by atoms with Crippen molar-refractivity contribution in [3.8, 4) is 5.75 Å². The van der Waals surface area contributed by atoms with Crippen molar-refractivity contribution >= 4 is 17.7 Å². The first-order valence-corrected chi connectivity index (χ1v) is 10.4. The van der Waals surface area contributed by atoms with Crippen LogP contribution in [-0.4, -0.2) is 43.5 Å². The number of carbonyl (C=O) groups is 3. The minimum Gasteiger partial charge on any atom is -0.493 e. The van der Waals surface area contributed by atoms with Gasteiger partial charge in [-0.25, -0.2) is 0 Å². The lowest BCUT2D eigenvalue weighted by Crippen LogP contribution is -2.49. The Bertz CT molecular complexity index is 661. The predicted molar refractivity (Wildman–Crippen MR) is 114 cm³/mol. The lowest BCUT2D eigenvalue weighted by atomic mass is 10.1. The monoisotopic (exact) mass is 405 g/mol. The summed E-state index contributed by atoms with van der Waals surface area (Å²) in [5.74, 6) is 0.562. The highest BCUT2D eigenvalue weighted by Gasteiger charge is 2.18. The molecule has 1 aromatic carbocycles. The molecule has 0 saturated heterocycles. The molecule has 7 heteroatoms. The molecule has 29 heavy (non-hydrogen) atoms. The van der Waals surface area contributed by atoms with E-state index in [2.05, 4.69) is 29.8 Å². The maximum atomic E-state index is 12.3. The first kappa shape index (κ1) is 24.5. The first-order chi connectivity index (χ1) is 13.9. The Labute approximate surface area is 174 Å². The Balaban J connectivity index is 2.40. The summed E-state index contributed by atoms with van der Waals surface area (Å²) >= 11 is 0. The summed E-state index contributed by atoms with van der Waals surface area (Å²) in [6.45, 7) is 8.82. The molecule has 0 saturated carbocycles. The Morgan fingerprint density at radius 1 is 1.03 bits per heavy atom. The molecule has 0 spiro atoms. The molecule has 3 N–H and O–H groups in total. The summed E-state index contributed by atoms with van der Waals surface area (Å²) in [4.78, 5) is 35.4. The van der Waals surface area contributed by atoms with E-state index < -0.39 is 6.04 Å². The highest BCUT2D eigenvalue weighted by molar-refractivity contribution is 5.90. The van der Waals surface area contributed by atoms with Gasteiger partial charge in [-0.3, -0.25) is 14.4 Å². The van der Waals surface area contributed by atoms with Crippen LogP contribution in [-0.2, 0) is 20.8 Å². The van der Waals surface area contributed by atoms with Crippen molar-refractivity contribution in [3.05, 3.63) is 29.8 Å². The summed E-state index contributed by atoms with van der Waals surface area (Å²) in [5.41, 5.74) is 1.12. The number of rotatable bonds is 13. The molecule has 1 rings (SSSR count). The second-order valence-electron chi connectivity index (χ2n) is 7.37. The van der Waals surface area contributed by atoms with Crippen molar-refractivity contribution in [1.29, 1.82) is 0 Å². The van der Waals surface area contributed by atoms with Gasteiger partial charge in [0.25, 0.3) is 0 Å². The summed E-state index contributed by atoms with van der Waals surface area (Å²) in [6, 6.07) is 7.34. The van der Waals surface area contributed by atoms with E-state index in [4.69, 9.17) is 4.74 Å². The third-order valence-corrected chi connectivity index (χ3v) is 4.29. The number of nitrogens with one attached hydrogen (secondary N) is 3. The van der Waals surface area contributed by atoms with Crippen LogP contribution < -0.4 is 20.7 Å². The van der Waals surface area contributed by atoms with E-state index in [1.807, 2.05) is 31.2 Å². The van der Waals surface area contributed by atoms with Crippen LogP contribution in [0, 0.1) is 5.92 Å². The van der Waals surface area contributed by atoms with Crippen molar-refractivity contribution in [2.45, 2.75) is 59.4 Å². The van der Waals surface area contributed by atoms with Crippen LogP contribution in [0.1, 0.15) is 52.5 Å². The van der Waals surface area contributed by atoms with E-state index in [9.17, 15) is 14.4 Å². The number of hydrogen-bond donors (Lipinski definition) is 3. The normalized spacial score (nSPS) is 11.6. The molecule has 7 nitrogen and oxygen atoms in total. The van der Waals surface area contributed by atoms with Crippen LogP contribution in [0.5, 0.6) is 5.75 Å². The van der Waals surface area contributed by atoms with Crippen LogP contribution >= 0.6 is 0 Å². The standard InChI is InChI=1S/C22H35N3O4/c1-5-18(25-21(27)14-24-20(26)6-2)22(28)23-13-9-11-17-10-7-8-12-19(17)29-15-16(3)4/h7-8,10,12,16,18H,5-6,9,11,13-15H2,1-4H3,(H,23,28)(H,24,26)(H,25,27). The fourth-order valence-corrected chi connectivity index (χ4v) is 2.62. The van der Waals surface area contributed by atoms with Crippen molar-refractivity contribution in [2.24, 2.45) is 5.92 Å². The topological polar surface area (TPSA) is 96.5 Å². The van der Waals surface area contributed by atoms with Crippen molar-refractivity contribution in [1.82, 2.24) is 16.0 Å². The van der Waals surface area contributed by atoms with Gasteiger partial charge in [-0.05, 0) is 36.8 Å². The highest BCUT2D eigenvalue weighted by Crippen LogP contribution is 2.20. The fraction of sp³-hybridized carbons (Fsp3) is 0.591. The van der Waals surface area contributed by atoms with Crippen molar-refractivity contribution in [2.75, 3.05) is 19.7 Å². The Morgan fingerprint density at radius 3 is 2.41 bits per heavy atom. The molecule has 0 heterocycles. The Morgan fingerprint density at radius 2 is 1.76 bits per heavy atom. The third-order valence-electron chi connectivity index (χ3n) is 4.29. The molecule has 1 atom stereocenters. The smallest absolute Gasteiger partial charge is 0.242 e. The van der Waals surface area contributed by atoms with E-state index in [1.165, 1.54) is 0 Å². The predicted octanol–water partition coefficient (Wildman–Crippen LogP) is 2.19. The summed E-state index contributed by atoms with van der Waals surface area (Å²) in [5, 5.41) is 8.03. The second kappa shape index (κ2) is 13.6. The zero-order valence-corrected chi connectivity index (χ0v) is 18.0. The number of carbonyl (C=O) groups excluding carboxylic acids is 3. The second-order valence-corrected chi connectivity index (χ2v) is 7.37. The lowest BCUT2D eigenvalue weighted by molar-refractivity contribution is -0.129. The van der Waals surface area contributed by atoms with Gasteiger partial charge in [0.1, 0.15) is 11.8 Å². The highest BCUT2D eigenvalue weighted by atomic mass is 16.5. The average molecular weight is 406 g/mol. The molecule has 0 fully saturated rings. The number of para-hydroxylation sites is 1. The molecule has 0 aliphatic carbocycles. The van der Waals surface area contributed by atoms with E-state index in [0.29, 0.717) is 31.9 Å². The van der Waals surface area contributed by atoms with Gasteiger partial charge < -0.3 is 20.7 Å². The average Bonchev–Trinajstić information content (AvgIpc) is 2.72. The SMILES string of the molecule is CCC(=O)NCC(=O)NC(CC)C(=O)NCCCc1ccccc1OCC(C)C. The molecule has 0 aliphatic rings. The molecular formula is C22H35N3O4. The van der Waals surface area contributed by atoms with Crippen LogP contribution in [0.2, 0.25) is 0 Å². The van der Waals surface area contributed by atoms with Crippen LogP contribution in [0.15, 0.2) is 24.3 Å². The van der Waals surface area contributed by atoms with Crippen LogP contribution in [0.3, 0.4) is 0 Å². The van der Waals surface area contributed by atoms with Gasteiger partial charge in [0.2, 0.25) is 17.7 Å². The molecule has 1 unspecified atom stereocenters. The van der Waals surface area contributed by atoms with Gasteiger partial charge >= 0.3 is 0 Å². The Kier molecular flexibility index (Phi) is 11.5. The van der Waals surface area contributed by atoms with Crippen molar-refractivity contribution < 1.29 is 19.1 Å². The molecule has 1 aromatic rings. The minimum atomic E-state index is -0.609. The molecule has 0 radical (unpaired) electrons. The van der Waals surface area contributed by atoms with Crippen molar-refractivity contribution in [3.63, 3.8) is 0 Å². The fourth-order valence-electron chi connectivity index (χ4n) is 2.62. The van der Waals surface area contributed by atoms with Gasteiger partial charge in [-0.2, -0.15) is 0 Å².